The van der Waals surface area contributed by atoms with E-state index in [-0.39, 0.29) is 0 Å². The van der Waals surface area contributed by atoms with Gasteiger partial charge in [0.1, 0.15) is 10.1 Å². The van der Waals surface area contributed by atoms with Gasteiger partial charge >= 0.3 is 0 Å². The van der Waals surface area contributed by atoms with Gasteiger partial charge in [0.2, 0.25) is 0 Å². The van der Waals surface area contributed by atoms with Gasteiger partial charge in [-0.3, -0.25) is 0 Å². The quantitative estimate of drug-likeness (QED) is 0.411. The Morgan fingerprint density at radius 2 is 1.37 bits per heavy atom. The van der Waals surface area contributed by atoms with E-state index in [0.717, 1.165) is 18.3 Å². The van der Waals surface area contributed by atoms with Crippen molar-refractivity contribution in [2.24, 2.45) is 11.8 Å². The van der Waals surface area contributed by atoms with Crippen LogP contribution in [0.5, 0.6) is 0 Å². The van der Waals surface area contributed by atoms with E-state index < -0.39 is 0 Å². The molecule has 0 radical (unpaired) electrons. The second-order valence-electron chi connectivity index (χ2n) is 9.19. The van der Waals surface area contributed by atoms with Crippen molar-refractivity contribution in [3.05, 3.63) is 11.4 Å². The first-order valence-corrected chi connectivity index (χ1v) is 14.4. The Bertz CT molecular complexity index is 818. The second kappa shape index (κ2) is 8.59. The number of hydrogen-bond acceptors (Lipinski definition) is 10. The number of aromatic nitrogens is 4. The number of nitrogens with zero attached hydrogens (tertiary/aromatic N) is 6. The lowest BCUT2D eigenvalue weighted by molar-refractivity contribution is 0.342. The highest BCUT2D eigenvalue weighted by Gasteiger charge is 2.43. The van der Waals surface area contributed by atoms with Crippen molar-refractivity contribution in [3.63, 3.8) is 0 Å². The molecule has 0 amide bonds. The summed E-state index contributed by atoms with van der Waals surface area (Å²) in [5.74, 6) is 2.75. The van der Waals surface area contributed by atoms with Crippen LogP contribution in [0.4, 0.5) is 0 Å². The Morgan fingerprint density at radius 3 is 1.77 bits per heavy atom. The van der Waals surface area contributed by atoms with Gasteiger partial charge in [-0.15, -0.1) is 0 Å². The third-order valence-electron chi connectivity index (χ3n) is 7.34. The minimum Gasteiger partial charge on any atom is -0.302 e. The zero-order chi connectivity index (χ0) is 20.1. The molecule has 2 aromatic rings. The van der Waals surface area contributed by atoms with Crippen molar-refractivity contribution in [2.75, 3.05) is 39.3 Å². The van der Waals surface area contributed by atoms with Crippen molar-refractivity contribution in [1.82, 2.24) is 27.3 Å². The largest absolute Gasteiger partial charge is 0.302 e. The van der Waals surface area contributed by atoms with Crippen molar-refractivity contribution in [1.29, 1.82) is 0 Å². The number of rotatable bonds is 8. The molecule has 2 aromatic heterocycles. The van der Waals surface area contributed by atoms with Crippen LogP contribution in [-0.4, -0.2) is 71.1 Å². The minimum atomic E-state index is 0.429. The first-order chi connectivity index (χ1) is 14.8. The first-order valence-electron chi connectivity index (χ1n) is 11.2. The Kier molecular flexibility index (Phi) is 5.83. The summed E-state index contributed by atoms with van der Waals surface area (Å²) in [5, 5.41) is 2.36. The maximum absolute atomic E-state index is 4.78. The molecule has 30 heavy (non-hydrogen) atoms. The van der Waals surface area contributed by atoms with Crippen LogP contribution in [0, 0.1) is 11.8 Å². The number of piperidine rings is 2. The molecule has 6 atom stereocenters. The summed E-state index contributed by atoms with van der Waals surface area (Å²) in [7, 11) is 0. The highest BCUT2D eigenvalue weighted by Crippen LogP contribution is 2.47. The predicted molar refractivity (Wildman–Crippen MR) is 125 cm³/mol. The van der Waals surface area contributed by atoms with Gasteiger partial charge in [0.15, 0.2) is 0 Å². The van der Waals surface area contributed by atoms with Crippen LogP contribution in [0.3, 0.4) is 0 Å². The van der Waals surface area contributed by atoms with Gasteiger partial charge in [-0.1, -0.05) is 36.9 Å². The maximum atomic E-state index is 4.78. The normalized spacial score (nSPS) is 35.5. The molecule has 4 bridgehead atoms. The predicted octanol–water partition coefficient (Wildman–Crippen LogP) is 4.24. The Hall–Kier alpha value is -0.260. The average molecular weight is 481 g/mol. The summed E-state index contributed by atoms with van der Waals surface area (Å²) in [6, 6.07) is 0. The van der Waals surface area contributed by atoms with Crippen molar-refractivity contribution in [2.45, 2.75) is 59.1 Å². The number of thioether (sulfide) groups is 2. The molecule has 0 N–H and O–H groups in total. The molecule has 6 unspecified atom stereocenters. The summed E-state index contributed by atoms with van der Waals surface area (Å²) < 4.78 is 19.5. The molecule has 0 aliphatic carbocycles. The summed E-state index contributed by atoms with van der Waals surface area (Å²) in [5.41, 5.74) is 2.55. The van der Waals surface area contributed by atoms with Crippen molar-refractivity contribution in [3.8, 4) is 0 Å². The van der Waals surface area contributed by atoms with Crippen LogP contribution in [0.2, 0.25) is 0 Å². The lowest BCUT2D eigenvalue weighted by Gasteiger charge is -2.22. The topological polar surface area (TPSA) is 58.0 Å². The fourth-order valence-corrected chi connectivity index (χ4v) is 10.1. The van der Waals surface area contributed by atoms with Gasteiger partial charge in [-0.2, -0.15) is 17.5 Å². The van der Waals surface area contributed by atoms with Gasteiger partial charge < -0.3 is 9.80 Å². The zero-order valence-electron chi connectivity index (χ0n) is 17.3. The Morgan fingerprint density at radius 1 is 0.833 bits per heavy atom. The van der Waals surface area contributed by atoms with Crippen LogP contribution in [-0.2, 0) is 0 Å². The SMILES string of the molecule is CCCC(Sc1nsnc1C1CN2CCC1C2)Sc1nsnc1C1CN2CCC1C2. The third kappa shape index (κ3) is 3.75. The molecule has 0 spiro atoms. The molecule has 4 aliphatic heterocycles. The molecule has 4 saturated heterocycles. The summed E-state index contributed by atoms with van der Waals surface area (Å²) in [6.45, 7) is 9.69. The molecule has 162 valence electrons. The van der Waals surface area contributed by atoms with Crippen molar-refractivity contribution >= 4 is 47.0 Å². The molecular formula is C20H28N6S4. The van der Waals surface area contributed by atoms with E-state index in [4.69, 9.17) is 17.5 Å². The molecular weight excluding hydrogens is 453 g/mol. The molecule has 6 nitrogen and oxygen atoms in total. The first kappa shape index (κ1) is 20.4. The lowest BCUT2D eigenvalue weighted by Crippen LogP contribution is -2.23. The van der Waals surface area contributed by atoms with Gasteiger partial charge in [-0.05, 0) is 44.2 Å². The third-order valence-corrected chi connectivity index (χ3v) is 11.3. The van der Waals surface area contributed by atoms with Crippen LogP contribution in [0.15, 0.2) is 10.1 Å². The maximum Gasteiger partial charge on any atom is 0.135 e. The summed E-state index contributed by atoms with van der Waals surface area (Å²) >= 11 is 6.67. The smallest absolute Gasteiger partial charge is 0.135 e. The van der Waals surface area contributed by atoms with E-state index in [2.05, 4.69) is 16.7 Å². The van der Waals surface area contributed by atoms with Crippen LogP contribution in [0.1, 0.15) is 55.8 Å². The fourth-order valence-electron chi connectivity index (χ4n) is 5.81. The molecule has 0 aromatic carbocycles. The monoisotopic (exact) mass is 480 g/mol. The standard InChI is InChI=1S/C20H28N6S4/c1-2-3-16(27-19-17(21-29-23-19)14-10-25-6-4-12(14)8-25)28-20-18(22-30-24-20)15-11-26-7-5-13(15)9-26/h12-16H,2-11H2,1H3. The van der Waals surface area contributed by atoms with E-state index in [1.165, 1.54) is 103 Å². The molecule has 0 saturated carbocycles. The van der Waals surface area contributed by atoms with Gasteiger partial charge in [0, 0.05) is 38.0 Å². The highest BCUT2D eigenvalue weighted by atomic mass is 32.2. The van der Waals surface area contributed by atoms with Crippen LogP contribution < -0.4 is 0 Å². The number of hydrogen-bond donors (Lipinski definition) is 0. The lowest BCUT2D eigenvalue weighted by atomic mass is 9.90. The minimum absolute atomic E-state index is 0.429. The molecule has 6 heterocycles. The Labute approximate surface area is 195 Å². The van der Waals surface area contributed by atoms with Crippen LogP contribution in [0.25, 0.3) is 0 Å². The van der Waals surface area contributed by atoms with Crippen LogP contribution >= 0.6 is 47.0 Å². The summed E-state index contributed by atoms with van der Waals surface area (Å²) in [6.07, 6.45) is 4.98. The molecule has 4 fully saturated rings. The van der Waals surface area contributed by atoms with Gasteiger partial charge in [0.05, 0.1) is 39.4 Å². The van der Waals surface area contributed by atoms with E-state index in [1.807, 2.05) is 23.5 Å². The van der Waals surface area contributed by atoms with Crippen molar-refractivity contribution < 1.29 is 0 Å². The highest BCUT2D eigenvalue weighted by molar-refractivity contribution is 8.17. The van der Waals surface area contributed by atoms with E-state index >= 15 is 0 Å². The van der Waals surface area contributed by atoms with E-state index in [9.17, 15) is 0 Å². The summed E-state index contributed by atoms with van der Waals surface area (Å²) in [4.78, 5) is 5.19. The Balaban J connectivity index is 1.18. The van der Waals surface area contributed by atoms with Gasteiger partial charge in [0.25, 0.3) is 0 Å². The fraction of sp³-hybridized carbons (Fsp3) is 0.800. The van der Waals surface area contributed by atoms with E-state index in [0.29, 0.717) is 16.4 Å². The molecule has 10 heteroatoms. The molecule has 4 aliphatic rings. The van der Waals surface area contributed by atoms with E-state index in [1.54, 1.807) is 0 Å². The van der Waals surface area contributed by atoms with Gasteiger partial charge in [-0.25, -0.2) is 0 Å². The number of fused-ring (bicyclic) bond motifs is 4. The second-order valence-corrected chi connectivity index (χ2v) is 12.9. The molecule has 6 rings (SSSR count). The zero-order valence-corrected chi connectivity index (χ0v) is 20.5. The average Bonchev–Trinajstić information content (AvgIpc) is 3.58.